The first-order valence-electron chi connectivity index (χ1n) is 7.68. The van der Waals surface area contributed by atoms with Gasteiger partial charge in [-0.2, -0.15) is 4.98 Å². The molecule has 1 aliphatic heterocycles. The van der Waals surface area contributed by atoms with Crippen LogP contribution >= 0.6 is 0 Å². The molecule has 0 aromatic carbocycles. The van der Waals surface area contributed by atoms with Gasteiger partial charge < -0.3 is 9.63 Å². The van der Waals surface area contributed by atoms with Crippen LogP contribution in [0.25, 0.3) is 0 Å². The molecule has 1 N–H and O–H groups in total. The Balaban J connectivity index is 2.04. The van der Waals surface area contributed by atoms with Crippen LogP contribution in [0.5, 0.6) is 0 Å². The second-order valence-corrected chi connectivity index (χ2v) is 6.75. The van der Waals surface area contributed by atoms with Crippen LogP contribution in [0, 0.1) is 0 Å². The Kier molecular flexibility index (Phi) is 5.16. The average Bonchev–Trinajstić information content (AvgIpc) is 2.74. The van der Waals surface area contributed by atoms with E-state index in [2.05, 4.69) is 35.8 Å². The van der Waals surface area contributed by atoms with E-state index in [9.17, 15) is 5.11 Å². The van der Waals surface area contributed by atoms with Crippen molar-refractivity contribution in [3.8, 4) is 0 Å². The number of hydrogen-bond donors (Lipinski definition) is 1. The molecule has 1 aliphatic rings. The third-order valence-corrected chi connectivity index (χ3v) is 3.94. The predicted octanol–water partition coefficient (Wildman–Crippen LogP) is 2.49. The molecule has 5 nitrogen and oxygen atoms in total. The largest absolute Gasteiger partial charge is 0.396 e. The lowest BCUT2D eigenvalue weighted by Crippen LogP contribution is -2.35. The van der Waals surface area contributed by atoms with E-state index in [1.54, 1.807) is 0 Å². The van der Waals surface area contributed by atoms with Gasteiger partial charge in [0.15, 0.2) is 5.82 Å². The van der Waals surface area contributed by atoms with Gasteiger partial charge in [-0.1, -0.05) is 38.8 Å². The molecule has 5 heteroatoms. The maximum atomic E-state index is 9.23. The Morgan fingerprint density at radius 2 is 2.10 bits per heavy atom. The van der Waals surface area contributed by atoms with Crippen molar-refractivity contribution in [2.45, 2.75) is 70.9 Å². The number of hydrogen-bond acceptors (Lipinski definition) is 5. The van der Waals surface area contributed by atoms with E-state index in [4.69, 9.17) is 4.52 Å². The van der Waals surface area contributed by atoms with Crippen LogP contribution in [0.15, 0.2) is 4.52 Å². The third-order valence-electron chi connectivity index (χ3n) is 3.94. The SMILES string of the molecule is CC(C)(C)c1noc(CN2CCCCCC2CCO)n1. The highest BCUT2D eigenvalue weighted by Gasteiger charge is 2.25. The van der Waals surface area contributed by atoms with Gasteiger partial charge in [-0.25, -0.2) is 0 Å². The molecule has 1 saturated heterocycles. The van der Waals surface area contributed by atoms with E-state index in [1.807, 2.05) is 0 Å². The van der Waals surface area contributed by atoms with Gasteiger partial charge in [0.1, 0.15) is 0 Å². The normalized spacial score (nSPS) is 21.9. The molecule has 2 heterocycles. The molecule has 114 valence electrons. The lowest BCUT2D eigenvalue weighted by atomic mass is 9.96. The van der Waals surface area contributed by atoms with Crippen molar-refractivity contribution < 1.29 is 9.63 Å². The fourth-order valence-corrected chi connectivity index (χ4v) is 2.72. The van der Waals surface area contributed by atoms with Crippen molar-refractivity contribution in [3.63, 3.8) is 0 Å². The van der Waals surface area contributed by atoms with E-state index in [0.29, 0.717) is 18.5 Å². The van der Waals surface area contributed by atoms with E-state index in [0.717, 1.165) is 25.2 Å². The van der Waals surface area contributed by atoms with Gasteiger partial charge in [0.25, 0.3) is 0 Å². The molecule has 1 aromatic rings. The Morgan fingerprint density at radius 3 is 2.75 bits per heavy atom. The Hall–Kier alpha value is -0.940. The molecule has 1 fully saturated rings. The lowest BCUT2D eigenvalue weighted by molar-refractivity contribution is 0.137. The summed E-state index contributed by atoms with van der Waals surface area (Å²) in [4.78, 5) is 6.91. The minimum atomic E-state index is -0.0783. The standard InChI is InChI=1S/C15H27N3O2/c1-15(2,3)14-16-13(20-17-14)11-18-9-6-4-5-7-12(18)8-10-19/h12,19H,4-11H2,1-3H3. The summed E-state index contributed by atoms with van der Waals surface area (Å²) in [7, 11) is 0. The summed E-state index contributed by atoms with van der Waals surface area (Å²) in [6.45, 7) is 8.26. The summed E-state index contributed by atoms with van der Waals surface area (Å²) in [6, 6.07) is 0.437. The van der Waals surface area contributed by atoms with Crippen LogP contribution in [-0.2, 0) is 12.0 Å². The summed E-state index contributed by atoms with van der Waals surface area (Å²) in [5.41, 5.74) is -0.0783. The highest BCUT2D eigenvalue weighted by atomic mass is 16.5. The molecule has 0 saturated carbocycles. The van der Waals surface area contributed by atoms with E-state index < -0.39 is 0 Å². The second kappa shape index (κ2) is 6.68. The monoisotopic (exact) mass is 281 g/mol. The second-order valence-electron chi connectivity index (χ2n) is 6.75. The summed E-state index contributed by atoms with van der Waals surface area (Å²) in [6.07, 6.45) is 5.72. The predicted molar refractivity (Wildman–Crippen MR) is 77.4 cm³/mol. The summed E-state index contributed by atoms with van der Waals surface area (Å²) in [5, 5.41) is 13.3. The number of likely N-dealkylation sites (tertiary alicyclic amines) is 1. The number of aliphatic hydroxyl groups excluding tert-OH is 1. The van der Waals surface area contributed by atoms with Gasteiger partial charge in [-0.05, 0) is 25.8 Å². The molecule has 1 aromatic heterocycles. The molecule has 1 unspecified atom stereocenters. The Morgan fingerprint density at radius 1 is 1.30 bits per heavy atom. The van der Waals surface area contributed by atoms with Gasteiger partial charge in [0.05, 0.1) is 6.54 Å². The summed E-state index contributed by atoms with van der Waals surface area (Å²) < 4.78 is 5.40. The molecule has 0 amide bonds. The van der Waals surface area contributed by atoms with Gasteiger partial charge in [0, 0.05) is 18.1 Å². The summed E-state index contributed by atoms with van der Waals surface area (Å²) >= 11 is 0. The molecular weight excluding hydrogens is 254 g/mol. The fourth-order valence-electron chi connectivity index (χ4n) is 2.72. The van der Waals surface area contributed by atoms with Gasteiger partial charge >= 0.3 is 0 Å². The molecule has 1 atom stereocenters. The van der Waals surface area contributed by atoms with Crippen molar-refractivity contribution >= 4 is 0 Å². The zero-order chi connectivity index (χ0) is 14.6. The van der Waals surface area contributed by atoms with Crippen LogP contribution in [-0.4, -0.2) is 39.3 Å². The molecule has 0 spiro atoms. The first kappa shape index (κ1) is 15.4. The Labute approximate surface area is 121 Å². The molecule has 0 radical (unpaired) electrons. The quantitative estimate of drug-likeness (QED) is 0.918. The first-order chi connectivity index (χ1) is 9.50. The smallest absolute Gasteiger partial charge is 0.240 e. The van der Waals surface area contributed by atoms with Crippen molar-refractivity contribution in [3.05, 3.63) is 11.7 Å². The van der Waals surface area contributed by atoms with Crippen LogP contribution in [0.1, 0.15) is 64.6 Å². The van der Waals surface area contributed by atoms with E-state index >= 15 is 0 Å². The van der Waals surface area contributed by atoms with Gasteiger partial charge in [-0.15, -0.1) is 0 Å². The molecule has 0 bridgehead atoms. The van der Waals surface area contributed by atoms with Crippen molar-refractivity contribution in [1.29, 1.82) is 0 Å². The zero-order valence-corrected chi connectivity index (χ0v) is 12.9. The molecule has 2 rings (SSSR count). The lowest BCUT2D eigenvalue weighted by Gasteiger charge is -2.27. The van der Waals surface area contributed by atoms with Crippen molar-refractivity contribution in [2.24, 2.45) is 0 Å². The minimum absolute atomic E-state index is 0.0783. The van der Waals surface area contributed by atoms with E-state index in [-0.39, 0.29) is 12.0 Å². The zero-order valence-electron chi connectivity index (χ0n) is 12.9. The average molecular weight is 281 g/mol. The first-order valence-corrected chi connectivity index (χ1v) is 7.68. The minimum Gasteiger partial charge on any atom is -0.396 e. The highest BCUT2D eigenvalue weighted by molar-refractivity contribution is 5.00. The maximum Gasteiger partial charge on any atom is 0.240 e. The molecular formula is C15H27N3O2. The molecule has 20 heavy (non-hydrogen) atoms. The van der Waals surface area contributed by atoms with Crippen LogP contribution < -0.4 is 0 Å². The summed E-state index contributed by atoms with van der Waals surface area (Å²) in [5.74, 6) is 1.46. The third kappa shape index (κ3) is 4.03. The van der Waals surface area contributed by atoms with Crippen LogP contribution in [0.4, 0.5) is 0 Å². The molecule has 0 aliphatic carbocycles. The fraction of sp³-hybridized carbons (Fsp3) is 0.867. The number of rotatable bonds is 4. The number of aromatic nitrogens is 2. The maximum absolute atomic E-state index is 9.23. The van der Waals surface area contributed by atoms with Crippen LogP contribution in [0.2, 0.25) is 0 Å². The van der Waals surface area contributed by atoms with Gasteiger partial charge in [-0.3, -0.25) is 4.90 Å². The highest BCUT2D eigenvalue weighted by Crippen LogP contribution is 2.23. The number of aliphatic hydroxyl groups is 1. The van der Waals surface area contributed by atoms with E-state index in [1.165, 1.54) is 19.3 Å². The number of nitrogens with zero attached hydrogens (tertiary/aromatic N) is 3. The topological polar surface area (TPSA) is 62.4 Å². The van der Waals surface area contributed by atoms with Crippen molar-refractivity contribution in [1.82, 2.24) is 15.0 Å². The Bertz CT molecular complexity index is 411. The van der Waals surface area contributed by atoms with Crippen molar-refractivity contribution in [2.75, 3.05) is 13.2 Å². The van der Waals surface area contributed by atoms with Crippen LogP contribution in [0.3, 0.4) is 0 Å². The van der Waals surface area contributed by atoms with Gasteiger partial charge in [0.2, 0.25) is 5.89 Å².